The van der Waals surface area contributed by atoms with Crippen molar-refractivity contribution in [3.05, 3.63) is 0 Å². The van der Waals surface area contributed by atoms with E-state index >= 15 is 0 Å². The Morgan fingerprint density at radius 3 is 2.24 bits per heavy atom. The van der Waals surface area contributed by atoms with Gasteiger partial charge in [-0.1, -0.05) is 20.8 Å². The van der Waals surface area contributed by atoms with E-state index in [0.717, 1.165) is 19.8 Å². The van der Waals surface area contributed by atoms with Gasteiger partial charge in [-0.3, -0.25) is 4.90 Å². The molecule has 0 amide bonds. The van der Waals surface area contributed by atoms with Crippen LogP contribution in [0.3, 0.4) is 0 Å². The lowest BCUT2D eigenvalue weighted by Crippen LogP contribution is -2.45. The SMILES string of the molecule is CN1CCN(CCOCCCC(C)(C)C)CC1. The third kappa shape index (κ3) is 7.74. The average molecular weight is 242 g/mol. The van der Waals surface area contributed by atoms with E-state index in [1.54, 1.807) is 0 Å². The maximum Gasteiger partial charge on any atom is 0.0593 e. The Bertz CT molecular complexity index is 193. The normalized spacial score (nSPS) is 19.8. The Morgan fingerprint density at radius 2 is 1.65 bits per heavy atom. The van der Waals surface area contributed by atoms with Gasteiger partial charge < -0.3 is 9.64 Å². The number of likely N-dealkylation sites (N-methyl/N-ethyl adjacent to an activating group) is 1. The number of rotatable bonds is 6. The average Bonchev–Trinajstić information content (AvgIpc) is 2.24. The number of nitrogens with zero attached hydrogens (tertiary/aromatic N) is 2. The molecule has 1 heterocycles. The number of hydrogen-bond acceptors (Lipinski definition) is 3. The first-order chi connectivity index (χ1) is 7.97. The molecule has 0 atom stereocenters. The Kier molecular flexibility index (Phi) is 6.45. The lowest BCUT2D eigenvalue weighted by molar-refractivity contribution is 0.0770. The van der Waals surface area contributed by atoms with E-state index in [4.69, 9.17) is 4.74 Å². The van der Waals surface area contributed by atoms with Crippen LogP contribution in [0.2, 0.25) is 0 Å². The molecule has 0 unspecified atom stereocenters. The smallest absolute Gasteiger partial charge is 0.0593 e. The number of hydrogen-bond donors (Lipinski definition) is 0. The molecule has 1 aliphatic rings. The molecule has 102 valence electrons. The number of piperazine rings is 1. The van der Waals surface area contributed by atoms with Crippen molar-refractivity contribution in [1.82, 2.24) is 9.80 Å². The van der Waals surface area contributed by atoms with E-state index in [0.29, 0.717) is 5.41 Å². The van der Waals surface area contributed by atoms with Crippen LogP contribution in [0.4, 0.5) is 0 Å². The fourth-order valence-electron chi connectivity index (χ4n) is 2.07. The van der Waals surface area contributed by atoms with E-state index in [9.17, 15) is 0 Å². The third-order valence-electron chi connectivity index (χ3n) is 3.36. The summed E-state index contributed by atoms with van der Waals surface area (Å²) in [6.07, 6.45) is 2.44. The van der Waals surface area contributed by atoms with Gasteiger partial charge in [-0.15, -0.1) is 0 Å². The molecule has 0 N–H and O–H groups in total. The van der Waals surface area contributed by atoms with Gasteiger partial charge in [0.25, 0.3) is 0 Å². The van der Waals surface area contributed by atoms with Crippen molar-refractivity contribution < 1.29 is 4.74 Å². The number of ether oxygens (including phenoxy) is 1. The van der Waals surface area contributed by atoms with Crippen molar-refractivity contribution in [2.45, 2.75) is 33.6 Å². The van der Waals surface area contributed by atoms with Crippen LogP contribution in [0.15, 0.2) is 0 Å². The molecule has 0 aromatic heterocycles. The molecule has 17 heavy (non-hydrogen) atoms. The van der Waals surface area contributed by atoms with Crippen LogP contribution in [0.5, 0.6) is 0 Å². The van der Waals surface area contributed by atoms with E-state index in [2.05, 4.69) is 37.6 Å². The van der Waals surface area contributed by atoms with Gasteiger partial charge in [-0.25, -0.2) is 0 Å². The van der Waals surface area contributed by atoms with Gasteiger partial charge in [0.2, 0.25) is 0 Å². The highest BCUT2D eigenvalue weighted by molar-refractivity contribution is 4.68. The van der Waals surface area contributed by atoms with Gasteiger partial charge in [0.15, 0.2) is 0 Å². The second-order valence-electron chi connectivity index (χ2n) is 6.42. The molecule has 1 aliphatic heterocycles. The molecule has 0 saturated carbocycles. The summed E-state index contributed by atoms with van der Waals surface area (Å²) in [5, 5.41) is 0. The Hall–Kier alpha value is -0.120. The maximum absolute atomic E-state index is 5.70. The van der Waals surface area contributed by atoms with Crippen molar-refractivity contribution >= 4 is 0 Å². The highest BCUT2D eigenvalue weighted by atomic mass is 16.5. The summed E-state index contributed by atoms with van der Waals surface area (Å²) in [6, 6.07) is 0. The molecule has 1 saturated heterocycles. The van der Waals surface area contributed by atoms with Crippen LogP contribution in [0.1, 0.15) is 33.6 Å². The summed E-state index contributed by atoms with van der Waals surface area (Å²) in [4.78, 5) is 4.89. The fourth-order valence-corrected chi connectivity index (χ4v) is 2.07. The Balaban J connectivity index is 1.91. The molecule has 1 rings (SSSR count). The summed E-state index contributed by atoms with van der Waals surface area (Å²) in [7, 11) is 2.19. The monoisotopic (exact) mass is 242 g/mol. The third-order valence-corrected chi connectivity index (χ3v) is 3.36. The van der Waals surface area contributed by atoms with Gasteiger partial charge in [-0.05, 0) is 25.3 Å². The Morgan fingerprint density at radius 1 is 1.00 bits per heavy atom. The molecular weight excluding hydrogens is 212 g/mol. The van der Waals surface area contributed by atoms with E-state index in [-0.39, 0.29) is 0 Å². The predicted molar refractivity (Wildman–Crippen MR) is 73.4 cm³/mol. The van der Waals surface area contributed by atoms with E-state index < -0.39 is 0 Å². The summed E-state index contributed by atoms with van der Waals surface area (Å²) < 4.78 is 5.70. The topological polar surface area (TPSA) is 15.7 Å². The second kappa shape index (κ2) is 7.34. The molecule has 0 aromatic carbocycles. The van der Waals surface area contributed by atoms with Crippen molar-refractivity contribution in [2.75, 3.05) is 53.0 Å². The van der Waals surface area contributed by atoms with Crippen molar-refractivity contribution in [2.24, 2.45) is 5.41 Å². The maximum atomic E-state index is 5.70. The van der Waals surface area contributed by atoms with Crippen LogP contribution >= 0.6 is 0 Å². The molecule has 0 aromatic rings. The van der Waals surface area contributed by atoms with Crippen LogP contribution in [0, 0.1) is 5.41 Å². The molecular formula is C14H30N2O. The van der Waals surface area contributed by atoms with Crippen molar-refractivity contribution in [1.29, 1.82) is 0 Å². The van der Waals surface area contributed by atoms with Crippen LogP contribution in [-0.4, -0.2) is 62.8 Å². The lowest BCUT2D eigenvalue weighted by Gasteiger charge is -2.32. The zero-order chi connectivity index (χ0) is 12.7. The van der Waals surface area contributed by atoms with Crippen LogP contribution < -0.4 is 0 Å². The minimum Gasteiger partial charge on any atom is -0.380 e. The van der Waals surface area contributed by atoms with E-state index in [1.807, 2.05) is 0 Å². The zero-order valence-corrected chi connectivity index (χ0v) is 12.2. The van der Waals surface area contributed by atoms with Gasteiger partial charge in [0.05, 0.1) is 6.61 Å². The highest BCUT2D eigenvalue weighted by Crippen LogP contribution is 2.20. The van der Waals surface area contributed by atoms with Gasteiger partial charge in [0.1, 0.15) is 0 Å². The fraction of sp³-hybridized carbons (Fsp3) is 1.00. The molecule has 1 fully saturated rings. The van der Waals surface area contributed by atoms with E-state index in [1.165, 1.54) is 39.0 Å². The van der Waals surface area contributed by atoms with Crippen molar-refractivity contribution in [3.8, 4) is 0 Å². The first kappa shape index (κ1) is 14.9. The molecule has 0 radical (unpaired) electrons. The molecule has 3 nitrogen and oxygen atoms in total. The quantitative estimate of drug-likeness (QED) is 0.663. The minimum absolute atomic E-state index is 0.445. The first-order valence-corrected chi connectivity index (χ1v) is 6.96. The summed E-state index contributed by atoms with van der Waals surface area (Å²) in [5.41, 5.74) is 0.445. The largest absolute Gasteiger partial charge is 0.380 e. The highest BCUT2D eigenvalue weighted by Gasteiger charge is 2.13. The van der Waals surface area contributed by atoms with Crippen molar-refractivity contribution in [3.63, 3.8) is 0 Å². The Labute approximate surface area is 107 Å². The molecule has 0 bridgehead atoms. The molecule has 3 heteroatoms. The van der Waals surface area contributed by atoms with Gasteiger partial charge >= 0.3 is 0 Å². The van der Waals surface area contributed by atoms with Gasteiger partial charge in [-0.2, -0.15) is 0 Å². The summed E-state index contributed by atoms with van der Waals surface area (Å²) in [5.74, 6) is 0. The standard InChI is InChI=1S/C14H30N2O/c1-14(2,3)6-5-12-17-13-11-16-9-7-15(4)8-10-16/h5-13H2,1-4H3. The van der Waals surface area contributed by atoms with Crippen LogP contribution in [0.25, 0.3) is 0 Å². The predicted octanol–water partition coefficient (Wildman–Crippen LogP) is 2.08. The lowest BCUT2D eigenvalue weighted by atomic mass is 9.91. The van der Waals surface area contributed by atoms with Crippen LogP contribution in [-0.2, 0) is 4.74 Å². The minimum atomic E-state index is 0.445. The molecule has 0 spiro atoms. The first-order valence-electron chi connectivity index (χ1n) is 6.96. The summed E-state index contributed by atoms with van der Waals surface area (Å²) >= 11 is 0. The molecule has 0 aliphatic carbocycles. The summed E-state index contributed by atoms with van der Waals surface area (Å²) in [6.45, 7) is 14.6. The zero-order valence-electron chi connectivity index (χ0n) is 12.2. The second-order valence-corrected chi connectivity index (χ2v) is 6.42. The van der Waals surface area contributed by atoms with Gasteiger partial charge in [0, 0.05) is 39.3 Å².